The van der Waals surface area contributed by atoms with E-state index in [1.54, 1.807) is 18.2 Å². The maximum Gasteiger partial charge on any atom is 0.303 e. The van der Waals surface area contributed by atoms with Crippen molar-refractivity contribution in [3.8, 4) is 11.5 Å². The molecule has 1 heterocycles. The molecule has 4 nitrogen and oxygen atoms in total. The van der Waals surface area contributed by atoms with Gasteiger partial charge in [-0.2, -0.15) is 0 Å². The maximum absolute atomic E-state index is 10.4. The third-order valence-electron chi connectivity index (χ3n) is 2.58. The highest BCUT2D eigenvalue weighted by Gasteiger charge is 2.24. The summed E-state index contributed by atoms with van der Waals surface area (Å²) in [7, 11) is 0. The number of benzene rings is 1. The van der Waals surface area contributed by atoms with E-state index in [4.69, 9.17) is 9.84 Å². The molecule has 1 aliphatic heterocycles. The van der Waals surface area contributed by atoms with Crippen molar-refractivity contribution in [2.24, 2.45) is 0 Å². The maximum atomic E-state index is 10.4. The Morgan fingerprint density at radius 3 is 3.07 bits per heavy atom. The first-order valence-electron chi connectivity index (χ1n) is 4.84. The van der Waals surface area contributed by atoms with Crippen LogP contribution in [0.25, 0.3) is 0 Å². The van der Waals surface area contributed by atoms with E-state index in [-0.39, 0.29) is 18.1 Å². The third kappa shape index (κ3) is 2.03. The third-order valence-corrected chi connectivity index (χ3v) is 2.58. The van der Waals surface area contributed by atoms with E-state index in [9.17, 15) is 9.90 Å². The van der Waals surface area contributed by atoms with E-state index >= 15 is 0 Å². The number of phenols is 1. The first kappa shape index (κ1) is 9.83. The molecule has 0 saturated carbocycles. The van der Waals surface area contributed by atoms with Crippen LogP contribution in [0, 0.1) is 0 Å². The first-order chi connectivity index (χ1) is 7.16. The van der Waals surface area contributed by atoms with E-state index in [0.717, 1.165) is 5.56 Å². The van der Waals surface area contributed by atoms with Gasteiger partial charge in [-0.3, -0.25) is 4.79 Å². The van der Waals surface area contributed by atoms with Crippen molar-refractivity contribution in [2.75, 3.05) is 6.61 Å². The zero-order chi connectivity index (χ0) is 10.8. The molecule has 0 amide bonds. The highest BCUT2D eigenvalue weighted by molar-refractivity contribution is 5.66. The van der Waals surface area contributed by atoms with Crippen LogP contribution in [-0.2, 0) is 4.79 Å². The van der Waals surface area contributed by atoms with Crippen LogP contribution in [0.5, 0.6) is 11.5 Å². The smallest absolute Gasteiger partial charge is 0.303 e. The normalized spacial score (nSPS) is 18.3. The van der Waals surface area contributed by atoms with Gasteiger partial charge in [-0.1, -0.05) is 6.07 Å². The van der Waals surface area contributed by atoms with Crippen molar-refractivity contribution in [1.82, 2.24) is 0 Å². The molecule has 2 rings (SSSR count). The number of rotatable bonds is 3. The summed E-state index contributed by atoms with van der Waals surface area (Å²) in [6.45, 7) is 0.506. The van der Waals surface area contributed by atoms with Crippen LogP contribution >= 0.6 is 0 Å². The van der Waals surface area contributed by atoms with Crippen LogP contribution in [0.4, 0.5) is 0 Å². The second-order valence-corrected chi connectivity index (χ2v) is 3.66. The number of phenolic OH excluding ortho intramolecular Hbond substituents is 1. The number of carboxylic acid groups (broad SMARTS) is 1. The first-order valence-corrected chi connectivity index (χ1v) is 4.84. The van der Waals surface area contributed by atoms with Gasteiger partial charge in [0.15, 0.2) is 0 Å². The zero-order valence-corrected chi connectivity index (χ0v) is 8.14. The lowest BCUT2D eigenvalue weighted by atomic mass is 9.96. The van der Waals surface area contributed by atoms with Gasteiger partial charge in [0.25, 0.3) is 0 Å². The number of fused-ring (bicyclic) bond motifs is 1. The lowest BCUT2D eigenvalue weighted by Crippen LogP contribution is -2.04. The average molecular weight is 208 g/mol. The van der Waals surface area contributed by atoms with E-state index in [0.29, 0.717) is 18.8 Å². The number of aromatic hydroxyl groups is 1. The molecule has 1 aromatic carbocycles. The lowest BCUT2D eigenvalue weighted by Gasteiger charge is -2.05. The van der Waals surface area contributed by atoms with E-state index < -0.39 is 5.97 Å². The second kappa shape index (κ2) is 3.81. The number of hydrogen-bond donors (Lipinski definition) is 2. The summed E-state index contributed by atoms with van der Waals surface area (Å²) >= 11 is 0. The molecule has 15 heavy (non-hydrogen) atoms. The molecule has 0 bridgehead atoms. The van der Waals surface area contributed by atoms with Gasteiger partial charge >= 0.3 is 5.97 Å². The summed E-state index contributed by atoms with van der Waals surface area (Å²) < 4.78 is 5.37. The Balaban J connectivity index is 2.11. The predicted molar refractivity (Wildman–Crippen MR) is 53.2 cm³/mol. The molecule has 1 aliphatic rings. The monoisotopic (exact) mass is 208 g/mol. The van der Waals surface area contributed by atoms with Crippen molar-refractivity contribution < 1.29 is 19.7 Å². The Morgan fingerprint density at radius 1 is 1.53 bits per heavy atom. The number of carbonyl (C=O) groups is 1. The fourth-order valence-corrected chi connectivity index (χ4v) is 1.80. The minimum Gasteiger partial charge on any atom is -0.508 e. The molecular weight excluding hydrogens is 196 g/mol. The molecule has 1 unspecified atom stereocenters. The second-order valence-electron chi connectivity index (χ2n) is 3.66. The minimum absolute atomic E-state index is 0.136. The lowest BCUT2D eigenvalue weighted by molar-refractivity contribution is -0.137. The van der Waals surface area contributed by atoms with Crippen LogP contribution in [0.3, 0.4) is 0 Å². The largest absolute Gasteiger partial charge is 0.508 e. The van der Waals surface area contributed by atoms with Crippen LogP contribution < -0.4 is 4.74 Å². The molecule has 0 saturated heterocycles. The average Bonchev–Trinajstić information content (AvgIpc) is 2.57. The Bertz CT molecular complexity index is 386. The molecule has 0 aromatic heterocycles. The van der Waals surface area contributed by atoms with Gasteiger partial charge in [0.1, 0.15) is 11.5 Å². The van der Waals surface area contributed by atoms with Crippen molar-refractivity contribution in [3.63, 3.8) is 0 Å². The topological polar surface area (TPSA) is 66.8 Å². The van der Waals surface area contributed by atoms with Crippen molar-refractivity contribution in [3.05, 3.63) is 23.8 Å². The summed E-state index contributed by atoms with van der Waals surface area (Å²) in [5.41, 5.74) is 0.994. The highest BCUT2D eigenvalue weighted by atomic mass is 16.5. The van der Waals surface area contributed by atoms with Crippen molar-refractivity contribution >= 4 is 5.97 Å². The molecule has 80 valence electrons. The van der Waals surface area contributed by atoms with E-state index in [1.165, 1.54) is 0 Å². The van der Waals surface area contributed by atoms with Gasteiger partial charge in [0.2, 0.25) is 0 Å². The van der Waals surface area contributed by atoms with Gasteiger partial charge in [-0.15, -0.1) is 0 Å². The number of carboxylic acids is 1. The summed E-state index contributed by atoms with van der Waals surface area (Å²) in [6.07, 6.45) is 0.724. The van der Waals surface area contributed by atoms with Gasteiger partial charge < -0.3 is 14.9 Å². The quantitative estimate of drug-likeness (QED) is 0.793. The fourth-order valence-electron chi connectivity index (χ4n) is 1.80. The molecule has 0 spiro atoms. The SMILES string of the molecule is O=C(O)CCC1COc2cc(O)ccc21. The molecular formula is C11H12O4. The Hall–Kier alpha value is -1.71. The van der Waals surface area contributed by atoms with Crippen LogP contribution in [0.15, 0.2) is 18.2 Å². The zero-order valence-electron chi connectivity index (χ0n) is 8.14. The van der Waals surface area contributed by atoms with Gasteiger partial charge in [0.05, 0.1) is 6.61 Å². The Morgan fingerprint density at radius 2 is 2.33 bits per heavy atom. The van der Waals surface area contributed by atoms with Gasteiger partial charge in [-0.25, -0.2) is 0 Å². The van der Waals surface area contributed by atoms with Crippen LogP contribution in [-0.4, -0.2) is 22.8 Å². The van der Waals surface area contributed by atoms with E-state index in [1.807, 2.05) is 0 Å². The fraction of sp³-hybridized carbons (Fsp3) is 0.364. The van der Waals surface area contributed by atoms with Crippen LogP contribution in [0.1, 0.15) is 24.3 Å². The molecule has 1 aromatic rings. The predicted octanol–water partition coefficient (Wildman–Crippen LogP) is 1.73. The van der Waals surface area contributed by atoms with Crippen molar-refractivity contribution in [1.29, 1.82) is 0 Å². The van der Waals surface area contributed by atoms with Crippen molar-refractivity contribution in [2.45, 2.75) is 18.8 Å². The number of ether oxygens (including phenoxy) is 1. The van der Waals surface area contributed by atoms with E-state index in [2.05, 4.69) is 0 Å². The summed E-state index contributed by atoms with van der Waals surface area (Å²) in [5.74, 6) is 0.192. The number of aliphatic carboxylic acids is 1. The molecule has 0 aliphatic carbocycles. The van der Waals surface area contributed by atoms with Gasteiger partial charge in [-0.05, 0) is 12.5 Å². The summed E-state index contributed by atoms with van der Waals surface area (Å²) in [5, 5.41) is 17.8. The summed E-state index contributed by atoms with van der Waals surface area (Å²) in [4.78, 5) is 10.4. The Kier molecular flexibility index (Phi) is 2.49. The van der Waals surface area contributed by atoms with Gasteiger partial charge in [0, 0.05) is 24.0 Å². The molecule has 1 atom stereocenters. The number of hydrogen-bond acceptors (Lipinski definition) is 3. The molecule has 0 fully saturated rings. The Labute approximate surface area is 87.1 Å². The minimum atomic E-state index is -0.790. The molecule has 4 heteroatoms. The molecule has 2 N–H and O–H groups in total. The standard InChI is InChI=1S/C11H12O4/c12-8-2-3-9-7(1-4-11(13)14)6-15-10(9)5-8/h2-3,5,7,12H,1,4,6H2,(H,13,14). The highest BCUT2D eigenvalue weighted by Crippen LogP contribution is 2.38. The van der Waals surface area contributed by atoms with Crippen LogP contribution in [0.2, 0.25) is 0 Å². The molecule has 0 radical (unpaired) electrons. The summed E-state index contributed by atoms with van der Waals surface area (Å²) in [6, 6.07) is 4.96.